The minimum Gasteiger partial charge on any atom is -0.380 e. The Labute approximate surface area is 209 Å². The number of carbonyl (C=O) groups is 1. The fraction of sp³-hybridized carbons (Fsp3) is 0.360. The van der Waals surface area contributed by atoms with Gasteiger partial charge in [-0.1, -0.05) is 18.2 Å². The summed E-state index contributed by atoms with van der Waals surface area (Å²) in [4.78, 5) is 30.0. The molecule has 0 unspecified atom stereocenters. The van der Waals surface area contributed by atoms with Crippen LogP contribution in [-0.2, 0) is 16.1 Å². The molecule has 0 spiro atoms. The first-order valence-corrected chi connectivity index (χ1v) is 12.0. The van der Waals surface area contributed by atoms with Gasteiger partial charge >= 0.3 is 0 Å². The number of alkyl halides is 2. The number of benzene rings is 1. The second-order valence-electron chi connectivity index (χ2n) is 9.14. The lowest BCUT2D eigenvalue weighted by molar-refractivity contribution is -0.150. The molecule has 6 rings (SSSR count). The number of halogens is 3. The number of hydrogen-bond acceptors (Lipinski definition) is 7. The molecule has 0 aliphatic carbocycles. The number of carbonyl (C=O) groups excluding carboxylic acids is 1. The Morgan fingerprint density at radius 3 is 2.70 bits per heavy atom. The van der Waals surface area contributed by atoms with E-state index in [-0.39, 0.29) is 23.9 Å². The van der Waals surface area contributed by atoms with Crippen LogP contribution in [-0.4, -0.2) is 69.6 Å². The molecule has 1 aromatic carbocycles. The van der Waals surface area contributed by atoms with Crippen LogP contribution in [0.1, 0.15) is 17.6 Å². The highest BCUT2D eigenvalue weighted by atomic mass is 19.3. The van der Waals surface area contributed by atoms with Crippen molar-refractivity contribution in [1.29, 1.82) is 0 Å². The molecule has 0 bridgehead atoms. The second kappa shape index (κ2) is 9.51. The number of anilines is 2. The van der Waals surface area contributed by atoms with Gasteiger partial charge in [-0.25, -0.2) is 23.1 Å². The highest BCUT2D eigenvalue weighted by molar-refractivity contribution is 5.92. The summed E-state index contributed by atoms with van der Waals surface area (Å²) in [5, 5.41) is 3.84. The van der Waals surface area contributed by atoms with Crippen LogP contribution in [0.25, 0.3) is 16.7 Å². The number of piperazine rings is 1. The molecule has 1 N–H and O–H groups in total. The second-order valence-corrected chi connectivity index (χ2v) is 9.14. The summed E-state index contributed by atoms with van der Waals surface area (Å²) in [5.74, 6) is 0.769. The van der Waals surface area contributed by atoms with E-state index in [0.717, 1.165) is 22.8 Å². The Kier molecular flexibility index (Phi) is 6.03. The fourth-order valence-electron chi connectivity index (χ4n) is 4.73. The van der Waals surface area contributed by atoms with Crippen molar-refractivity contribution in [3.63, 3.8) is 0 Å². The topological polar surface area (TPSA) is 87.9 Å². The number of hydrogen-bond donors (Lipinski definition) is 1. The summed E-state index contributed by atoms with van der Waals surface area (Å²) in [6, 6.07) is 5.86. The molecule has 0 saturated carbocycles. The third-order valence-corrected chi connectivity index (χ3v) is 6.91. The molecule has 2 aliphatic heterocycles. The van der Waals surface area contributed by atoms with Gasteiger partial charge in [0.15, 0.2) is 0 Å². The SMILES string of the molecule is O=C(C1COC1)N1CCN(c2cc3c(NCc4cccc(C(F)F)c4F)nc4nccn4c3cn2)CC1. The van der Waals surface area contributed by atoms with E-state index < -0.39 is 17.8 Å². The van der Waals surface area contributed by atoms with Crippen LogP contribution in [0.5, 0.6) is 0 Å². The molecule has 1 amide bonds. The number of pyridine rings is 1. The van der Waals surface area contributed by atoms with Crippen LogP contribution in [0.3, 0.4) is 0 Å². The van der Waals surface area contributed by atoms with E-state index in [2.05, 4.69) is 25.2 Å². The first-order valence-electron chi connectivity index (χ1n) is 12.0. The van der Waals surface area contributed by atoms with Gasteiger partial charge in [-0.2, -0.15) is 4.98 Å². The molecule has 5 heterocycles. The minimum absolute atomic E-state index is 0.0330. The fourth-order valence-corrected chi connectivity index (χ4v) is 4.73. The Balaban J connectivity index is 1.27. The van der Waals surface area contributed by atoms with Crippen molar-refractivity contribution in [2.24, 2.45) is 5.92 Å². The summed E-state index contributed by atoms with van der Waals surface area (Å²) in [7, 11) is 0. The first kappa shape index (κ1) is 23.5. The molecule has 2 fully saturated rings. The molecule has 3 aromatic heterocycles. The van der Waals surface area contributed by atoms with Crippen molar-refractivity contribution < 1.29 is 22.7 Å². The smallest absolute Gasteiger partial charge is 0.266 e. The van der Waals surface area contributed by atoms with E-state index in [4.69, 9.17) is 4.74 Å². The zero-order chi connectivity index (χ0) is 25.5. The van der Waals surface area contributed by atoms with Gasteiger partial charge in [-0.15, -0.1) is 0 Å². The lowest BCUT2D eigenvalue weighted by Crippen LogP contribution is -2.53. The average Bonchev–Trinajstić information content (AvgIpc) is 3.35. The predicted octanol–water partition coefficient (Wildman–Crippen LogP) is 3.26. The third kappa shape index (κ3) is 4.31. The lowest BCUT2D eigenvalue weighted by Gasteiger charge is -2.38. The Bertz CT molecular complexity index is 1470. The van der Waals surface area contributed by atoms with Crippen LogP contribution in [0.4, 0.5) is 24.8 Å². The van der Waals surface area contributed by atoms with Gasteiger partial charge in [0.25, 0.3) is 6.43 Å². The number of nitrogens with one attached hydrogen (secondary N) is 1. The van der Waals surface area contributed by atoms with Crippen molar-refractivity contribution in [2.75, 3.05) is 49.6 Å². The molecule has 12 heteroatoms. The molecule has 9 nitrogen and oxygen atoms in total. The normalized spacial score (nSPS) is 16.5. The Hall–Kier alpha value is -3.93. The summed E-state index contributed by atoms with van der Waals surface area (Å²) in [6.45, 7) is 3.41. The number of imidazole rings is 1. The van der Waals surface area contributed by atoms with E-state index in [1.165, 1.54) is 12.1 Å². The van der Waals surface area contributed by atoms with E-state index >= 15 is 0 Å². The molecule has 0 atom stereocenters. The summed E-state index contributed by atoms with van der Waals surface area (Å²) in [6.07, 6.45) is 2.23. The Morgan fingerprint density at radius 1 is 1.16 bits per heavy atom. The molecule has 37 heavy (non-hydrogen) atoms. The molecule has 192 valence electrons. The molecular weight excluding hydrogens is 487 g/mol. The number of ether oxygens (including phenoxy) is 1. The molecule has 2 aliphatic rings. The van der Waals surface area contributed by atoms with Crippen LogP contribution < -0.4 is 10.2 Å². The number of amides is 1. The van der Waals surface area contributed by atoms with Gasteiger partial charge in [0.05, 0.1) is 36.4 Å². The Morgan fingerprint density at radius 2 is 1.97 bits per heavy atom. The minimum atomic E-state index is -2.90. The van der Waals surface area contributed by atoms with Crippen LogP contribution in [0, 0.1) is 11.7 Å². The highest BCUT2D eigenvalue weighted by Crippen LogP contribution is 2.29. The van der Waals surface area contributed by atoms with E-state index in [0.29, 0.717) is 51.0 Å². The number of fused-ring (bicyclic) bond motifs is 3. The largest absolute Gasteiger partial charge is 0.380 e. The van der Waals surface area contributed by atoms with Crippen molar-refractivity contribution >= 4 is 34.2 Å². The zero-order valence-electron chi connectivity index (χ0n) is 19.8. The first-order chi connectivity index (χ1) is 18.0. The monoisotopic (exact) mass is 511 g/mol. The molecule has 2 saturated heterocycles. The van der Waals surface area contributed by atoms with Gasteiger partial charge in [-0.05, 0) is 6.07 Å². The van der Waals surface area contributed by atoms with Gasteiger partial charge in [0.1, 0.15) is 17.5 Å². The highest BCUT2D eigenvalue weighted by Gasteiger charge is 2.32. The van der Waals surface area contributed by atoms with E-state index in [9.17, 15) is 18.0 Å². The van der Waals surface area contributed by atoms with Gasteiger partial charge < -0.3 is 19.9 Å². The molecule has 4 aromatic rings. The van der Waals surface area contributed by atoms with Gasteiger partial charge in [0, 0.05) is 56.1 Å². The summed E-state index contributed by atoms with van der Waals surface area (Å²) >= 11 is 0. The van der Waals surface area contributed by atoms with Crippen molar-refractivity contribution in [3.05, 3.63) is 59.8 Å². The average molecular weight is 512 g/mol. The number of nitrogens with zero attached hydrogens (tertiary/aromatic N) is 6. The third-order valence-electron chi connectivity index (χ3n) is 6.91. The van der Waals surface area contributed by atoms with Crippen LogP contribution in [0.2, 0.25) is 0 Å². The predicted molar refractivity (Wildman–Crippen MR) is 130 cm³/mol. The maximum Gasteiger partial charge on any atom is 0.266 e. The standard InChI is InChI=1S/C25H24F3N7O2/c26-21-15(2-1-3-17(21)22(27)28)11-31-23-18-10-20(30-12-19(18)35-5-4-29-25(35)32-23)33-6-8-34(9-7-33)24(36)16-13-37-14-16/h1-5,10,12,16,22H,6-9,11,13-14H2,(H,29,31,32). The van der Waals surface area contributed by atoms with E-state index in [1.54, 1.807) is 23.0 Å². The van der Waals surface area contributed by atoms with E-state index in [1.807, 2.05) is 11.0 Å². The zero-order valence-corrected chi connectivity index (χ0v) is 19.8. The summed E-state index contributed by atoms with van der Waals surface area (Å²) < 4.78 is 47.8. The quantitative estimate of drug-likeness (QED) is 0.425. The molecule has 0 radical (unpaired) electrons. The number of aromatic nitrogens is 4. The van der Waals surface area contributed by atoms with Crippen molar-refractivity contribution in [1.82, 2.24) is 24.3 Å². The van der Waals surface area contributed by atoms with Crippen molar-refractivity contribution in [2.45, 2.75) is 13.0 Å². The van der Waals surface area contributed by atoms with Gasteiger partial charge in [0.2, 0.25) is 11.7 Å². The summed E-state index contributed by atoms with van der Waals surface area (Å²) in [5.41, 5.74) is 0.229. The maximum absolute atomic E-state index is 14.6. The maximum atomic E-state index is 14.6. The van der Waals surface area contributed by atoms with Crippen LogP contribution >= 0.6 is 0 Å². The molecular formula is C25H24F3N7O2. The number of rotatable bonds is 6. The van der Waals surface area contributed by atoms with Gasteiger partial charge in [-0.3, -0.25) is 9.20 Å². The van der Waals surface area contributed by atoms with Crippen LogP contribution in [0.15, 0.2) is 42.9 Å². The lowest BCUT2D eigenvalue weighted by atomic mass is 10.1. The van der Waals surface area contributed by atoms with Crippen molar-refractivity contribution in [3.8, 4) is 0 Å².